The van der Waals surface area contributed by atoms with Crippen molar-refractivity contribution in [2.75, 3.05) is 6.79 Å². The Hall–Kier alpha value is -1.29. The van der Waals surface area contributed by atoms with E-state index in [0.717, 1.165) is 38.5 Å². The molecule has 158 valence electrons. The molecule has 3 rings (SSSR count). The summed E-state index contributed by atoms with van der Waals surface area (Å²) in [5, 5.41) is 0. The zero-order valence-electron chi connectivity index (χ0n) is 17.4. The maximum absolute atomic E-state index is 12.0. The Morgan fingerprint density at radius 1 is 0.714 bits per heavy atom. The van der Waals surface area contributed by atoms with Crippen molar-refractivity contribution in [1.82, 2.24) is 0 Å². The average Bonchev–Trinajstić information content (AvgIpc) is 2.74. The van der Waals surface area contributed by atoms with Crippen LogP contribution in [0.4, 0.5) is 0 Å². The van der Waals surface area contributed by atoms with Gasteiger partial charge in [-0.3, -0.25) is 0 Å². The minimum Gasteiger partial charge on any atom is -0.475 e. The first-order valence-corrected chi connectivity index (χ1v) is 11.6. The maximum Gasteiger partial charge on any atom is 0.330 e. The van der Waals surface area contributed by atoms with Crippen LogP contribution in [-0.2, 0) is 19.0 Å². The average molecular weight is 391 g/mol. The monoisotopic (exact) mass is 390 g/mol. The third-order valence-corrected chi connectivity index (χ3v) is 6.53. The SMILES string of the molecule is O=C(C=CC1CCC(C=COCOC2CCCCC2)CC1)OC1CCCCC1. The van der Waals surface area contributed by atoms with Gasteiger partial charge in [-0.05, 0) is 82.1 Å². The molecular weight excluding hydrogens is 352 g/mol. The molecule has 0 aromatic rings. The predicted molar refractivity (Wildman–Crippen MR) is 111 cm³/mol. The lowest BCUT2D eigenvalue weighted by Crippen LogP contribution is -2.20. The number of hydrogen-bond donors (Lipinski definition) is 0. The Morgan fingerprint density at radius 3 is 1.93 bits per heavy atom. The third kappa shape index (κ3) is 7.98. The Balaban J connectivity index is 1.24. The summed E-state index contributed by atoms with van der Waals surface area (Å²) in [6.45, 7) is 0.377. The lowest BCUT2D eigenvalue weighted by molar-refractivity contribution is -0.144. The molecular formula is C24H38O4. The molecule has 0 radical (unpaired) electrons. The highest BCUT2D eigenvalue weighted by atomic mass is 16.7. The highest BCUT2D eigenvalue weighted by Gasteiger charge is 2.19. The lowest BCUT2D eigenvalue weighted by Gasteiger charge is -2.24. The zero-order valence-corrected chi connectivity index (χ0v) is 17.4. The summed E-state index contributed by atoms with van der Waals surface area (Å²) >= 11 is 0. The summed E-state index contributed by atoms with van der Waals surface area (Å²) < 4.78 is 16.9. The summed E-state index contributed by atoms with van der Waals surface area (Å²) in [7, 11) is 0. The van der Waals surface area contributed by atoms with Crippen molar-refractivity contribution in [3.8, 4) is 0 Å². The summed E-state index contributed by atoms with van der Waals surface area (Å²) in [6, 6.07) is 0. The van der Waals surface area contributed by atoms with E-state index in [4.69, 9.17) is 14.2 Å². The Kier molecular flexibility index (Phi) is 9.42. The Bertz CT molecular complexity index is 493. The lowest BCUT2D eigenvalue weighted by atomic mass is 9.82. The first kappa shape index (κ1) is 21.4. The van der Waals surface area contributed by atoms with Gasteiger partial charge >= 0.3 is 5.97 Å². The van der Waals surface area contributed by atoms with E-state index in [2.05, 4.69) is 12.2 Å². The normalized spacial score (nSPS) is 28.0. The summed E-state index contributed by atoms with van der Waals surface area (Å²) in [4.78, 5) is 12.0. The summed E-state index contributed by atoms with van der Waals surface area (Å²) in [5.41, 5.74) is 0. The zero-order chi connectivity index (χ0) is 19.4. The number of esters is 1. The molecule has 0 spiro atoms. The van der Waals surface area contributed by atoms with Crippen molar-refractivity contribution < 1.29 is 19.0 Å². The van der Waals surface area contributed by atoms with Crippen molar-refractivity contribution in [2.45, 2.75) is 102 Å². The molecule has 4 nitrogen and oxygen atoms in total. The summed E-state index contributed by atoms with van der Waals surface area (Å²) in [5.74, 6) is 0.924. The molecule has 0 aromatic carbocycles. The van der Waals surface area contributed by atoms with Crippen LogP contribution in [0.5, 0.6) is 0 Å². The van der Waals surface area contributed by atoms with Gasteiger partial charge in [0.1, 0.15) is 6.10 Å². The second kappa shape index (κ2) is 12.3. The van der Waals surface area contributed by atoms with Gasteiger partial charge in [-0.1, -0.05) is 31.8 Å². The highest BCUT2D eigenvalue weighted by molar-refractivity contribution is 5.82. The van der Waals surface area contributed by atoms with Crippen LogP contribution in [0.15, 0.2) is 24.5 Å². The van der Waals surface area contributed by atoms with E-state index in [-0.39, 0.29) is 12.1 Å². The van der Waals surface area contributed by atoms with Crippen LogP contribution in [0.2, 0.25) is 0 Å². The molecule has 0 saturated heterocycles. The van der Waals surface area contributed by atoms with Gasteiger partial charge in [-0.25, -0.2) is 4.79 Å². The molecule has 4 heteroatoms. The van der Waals surface area contributed by atoms with Crippen molar-refractivity contribution in [3.63, 3.8) is 0 Å². The molecule has 0 aliphatic heterocycles. The molecule has 0 N–H and O–H groups in total. The van der Waals surface area contributed by atoms with Crippen LogP contribution in [0.1, 0.15) is 89.9 Å². The molecule has 3 aliphatic carbocycles. The fourth-order valence-corrected chi connectivity index (χ4v) is 4.70. The number of rotatable bonds is 8. The fourth-order valence-electron chi connectivity index (χ4n) is 4.70. The van der Waals surface area contributed by atoms with Gasteiger partial charge in [0.15, 0.2) is 6.79 Å². The van der Waals surface area contributed by atoms with E-state index >= 15 is 0 Å². The van der Waals surface area contributed by atoms with Gasteiger partial charge in [0.2, 0.25) is 0 Å². The highest BCUT2D eigenvalue weighted by Crippen LogP contribution is 2.30. The maximum atomic E-state index is 12.0. The van der Waals surface area contributed by atoms with Crippen LogP contribution in [0.3, 0.4) is 0 Å². The van der Waals surface area contributed by atoms with Crippen molar-refractivity contribution >= 4 is 5.97 Å². The van der Waals surface area contributed by atoms with Crippen molar-refractivity contribution in [2.24, 2.45) is 11.8 Å². The second-order valence-corrected chi connectivity index (χ2v) is 8.77. The topological polar surface area (TPSA) is 44.8 Å². The number of ether oxygens (including phenoxy) is 3. The molecule has 0 amide bonds. The number of carbonyl (C=O) groups is 1. The van der Waals surface area contributed by atoms with E-state index < -0.39 is 0 Å². The van der Waals surface area contributed by atoms with Gasteiger partial charge in [0.25, 0.3) is 0 Å². The van der Waals surface area contributed by atoms with Crippen LogP contribution < -0.4 is 0 Å². The standard InChI is InChI=1S/C24H38O4/c25-24(28-23-9-5-2-6-10-23)16-15-20-11-13-21(14-12-20)17-18-26-19-27-22-7-3-1-4-8-22/h15-18,20-23H,1-14,19H2. The molecule has 3 fully saturated rings. The largest absolute Gasteiger partial charge is 0.475 e. The molecule has 3 aliphatic rings. The van der Waals surface area contributed by atoms with Crippen LogP contribution in [0, 0.1) is 11.8 Å². The van der Waals surface area contributed by atoms with Crippen LogP contribution in [-0.4, -0.2) is 25.0 Å². The van der Waals surface area contributed by atoms with E-state index in [1.165, 1.54) is 51.4 Å². The Labute approximate surface area is 170 Å². The smallest absolute Gasteiger partial charge is 0.330 e. The molecule has 0 bridgehead atoms. The van der Waals surface area contributed by atoms with Gasteiger partial charge in [0.05, 0.1) is 12.4 Å². The second-order valence-electron chi connectivity index (χ2n) is 8.77. The molecule has 28 heavy (non-hydrogen) atoms. The molecule has 0 atom stereocenters. The summed E-state index contributed by atoms with van der Waals surface area (Å²) in [6.07, 6.45) is 24.8. The molecule has 0 unspecified atom stereocenters. The minimum atomic E-state index is -0.153. The van der Waals surface area contributed by atoms with Crippen LogP contribution in [0.25, 0.3) is 0 Å². The Morgan fingerprint density at radius 2 is 1.29 bits per heavy atom. The van der Waals surface area contributed by atoms with Gasteiger partial charge in [-0.2, -0.15) is 0 Å². The molecule has 0 heterocycles. The van der Waals surface area contributed by atoms with E-state index in [0.29, 0.717) is 24.7 Å². The molecule has 0 aromatic heterocycles. The first-order valence-electron chi connectivity index (χ1n) is 11.6. The minimum absolute atomic E-state index is 0.147. The number of carbonyl (C=O) groups excluding carboxylic acids is 1. The first-order chi connectivity index (χ1) is 13.8. The predicted octanol–water partition coefficient (Wildman–Crippen LogP) is 6.06. The van der Waals surface area contributed by atoms with Crippen molar-refractivity contribution in [1.29, 1.82) is 0 Å². The van der Waals surface area contributed by atoms with Crippen LogP contribution >= 0.6 is 0 Å². The number of allylic oxidation sites excluding steroid dienone is 2. The van der Waals surface area contributed by atoms with Gasteiger partial charge < -0.3 is 14.2 Å². The molecule has 3 saturated carbocycles. The fraction of sp³-hybridized carbons (Fsp3) is 0.792. The van der Waals surface area contributed by atoms with Crippen molar-refractivity contribution in [3.05, 3.63) is 24.5 Å². The van der Waals surface area contributed by atoms with E-state index in [9.17, 15) is 4.79 Å². The van der Waals surface area contributed by atoms with E-state index in [1.807, 2.05) is 6.26 Å². The quantitative estimate of drug-likeness (QED) is 0.166. The van der Waals surface area contributed by atoms with Gasteiger partial charge in [0, 0.05) is 6.08 Å². The number of hydrogen-bond acceptors (Lipinski definition) is 4. The van der Waals surface area contributed by atoms with Gasteiger partial charge in [-0.15, -0.1) is 0 Å². The third-order valence-electron chi connectivity index (χ3n) is 6.53. The van der Waals surface area contributed by atoms with E-state index in [1.54, 1.807) is 6.08 Å².